The van der Waals surface area contributed by atoms with E-state index >= 15 is 0 Å². The lowest BCUT2D eigenvalue weighted by molar-refractivity contribution is 0.0520. The van der Waals surface area contributed by atoms with Gasteiger partial charge in [-0.1, -0.05) is 6.92 Å². The number of sulfonamides is 1. The number of anilines is 1. The average molecular weight is 410 g/mol. The van der Waals surface area contributed by atoms with Crippen LogP contribution >= 0.6 is 0 Å². The summed E-state index contributed by atoms with van der Waals surface area (Å²) in [5.41, 5.74) is 1.24. The van der Waals surface area contributed by atoms with Gasteiger partial charge < -0.3 is 9.64 Å². The Bertz CT molecular complexity index is 935. The Kier molecular flexibility index (Phi) is 5.99. The number of aromatic nitrogens is 2. The molecule has 1 aliphatic heterocycles. The number of carbonyl (C=O) groups excluding carboxylic acids is 1. The van der Waals surface area contributed by atoms with Crippen LogP contribution in [0.1, 0.15) is 29.9 Å². The van der Waals surface area contributed by atoms with E-state index in [9.17, 15) is 17.6 Å². The van der Waals surface area contributed by atoms with Crippen LogP contribution in [-0.2, 0) is 21.2 Å². The standard InChI is InChI=1S/C18H23FN4O4S/c1-3-15-16(18(24)27-4-2)17(21-20-15)28(25,26)23-11-9-22(10-12-23)14-7-5-13(19)6-8-14/h5-8H,3-4,9-12H2,1-2H3,(H,20,21). The van der Waals surface area contributed by atoms with E-state index < -0.39 is 16.0 Å². The molecule has 0 aliphatic carbocycles. The molecule has 1 N–H and O–H groups in total. The molecule has 2 aromatic rings. The minimum absolute atomic E-state index is 0.0229. The van der Waals surface area contributed by atoms with E-state index in [1.54, 1.807) is 26.0 Å². The summed E-state index contributed by atoms with van der Waals surface area (Å²) in [4.78, 5) is 14.3. The monoisotopic (exact) mass is 410 g/mol. The number of carbonyl (C=O) groups is 1. The number of hydrogen-bond donors (Lipinski definition) is 1. The summed E-state index contributed by atoms with van der Waals surface area (Å²) in [5.74, 6) is -1.02. The highest BCUT2D eigenvalue weighted by atomic mass is 32.2. The minimum atomic E-state index is -3.95. The molecule has 1 aromatic carbocycles. The molecule has 3 rings (SSSR count). The van der Waals surface area contributed by atoms with E-state index in [1.807, 2.05) is 4.90 Å². The molecule has 8 nitrogen and oxygen atoms in total. The van der Waals surface area contributed by atoms with Gasteiger partial charge in [-0.25, -0.2) is 17.6 Å². The second-order valence-corrected chi connectivity index (χ2v) is 8.18. The number of benzene rings is 1. The van der Waals surface area contributed by atoms with Crippen LogP contribution in [0.4, 0.5) is 10.1 Å². The van der Waals surface area contributed by atoms with Crippen molar-refractivity contribution in [2.75, 3.05) is 37.7 Å². The van der Waals surface area contributed by atoms with Crippen molar-refractivity contribution in [1.29, 1.82) is 0 Å². The number of ether oxygens (including phenoxy) is 1. The second kappa shape index (κ2) is 8.27. The number of H-pyrrole nitrogens is 1. The average Bonchev–Trinajstić information content (AvgIpc) is 3.14. The van der Waals surface area contributed by atoms with Gasteiger partial charge in [0.15, 0.2) is 0 Å². The molecule has 1 fully saturated rings. The molecule has 0 spiro atoms. The normalized spacial score (nSPS) is 15.6. The molecule has 152 valence electrons. The number of hydrogen-bond acceptors (Lipinski definition) is 6. The van der Waals surface area contributed by atoms with Crippen molar-refractivity contribution in [3.05, 3.63) is 41.3 Å². The molecule has 0 unspecified atom stereocenters. The number of halogens is 1. The van der Waals surface area contributed by atoms with Crippen LogP contribution in [0, 0.1) is 5.82 Å². The van der Waals surface area contributed by atoms with E-state index in [0.29, 0.717) is 25.2 Å². The zero-order valence-electron chi connectivity index (χ0n) is 15.8. The highest BCUT2D eigenvalue weighted by molar-refractivity contribution is 7.89. The van der Waals surface area contributed by atoms with E-state index in [-0.39, 0.29) is 36.1 Å². The highest BCUT2D eigenvalue weighted by Crippen LogP contribution is 2.25. The predicted octanol–water partition coefficient (Wildman–Crippen LogP) is 1.80. The SMILES string of the molecule is CCOC(=O)c1c(S(=O)(=O)N2CCN(c3ccc(F)cc3)CC2)n[nH]c1CC. The van der Waals surface area contributed by atoms with Gasteiger partial charge in [0.25, 0.3) is 10.0 Å². The predicted molar refractivity (Wildman–Crippen MR) is 101 cm³/mol. The Morgan fingerprint density at radius 1 is 1.18 bits per heavy atom. The lowest BCUT2D eigenvalue weighted by atomic mass is 10.2. The van der Waals surface area contributed by atoms with Gasteiger partial charge in [0.1, 0.15) is 11.4 Å². The van der Waals surface area contributed by atoms with Crippen molar-refractivity contribution in [3.63, 3.8) is 0 Å². The summed E-state index contributed by atoms with van der Waals surface area (Å²) in [6.07, 6.45) is 0.426. The largest absolute Gasteiger partial charge is 0.462 e. The molecule has 1 aromatic heterocycles. The van der Waals surface area contributed by atoms with Gasteiger partial charge in [0.2, 0.25) is 5.03 Å². The van der Waals surface area contributed by atoms with Crippen LogP contribution < -0.4 is 4.90 Å². The van der Waals surface area contributed by atoms with E-state index in [1.165, 1.54) is 16.4 Å². The highest BCUT2D eigenvalue weighted by Gasteiger charge is 2.36. The zero-order valence-corrected chi connectivity index (χ0v) is 16.6. The number of aromatic amines is 1. The number of esters is 1. The molecule has 28 heavy (non-hydrogen) atoms. The summed E-state index contributed by atoms with van der Waals surface area (Å²) < 4.78 is 45.6. The van der Waals surface area contributed by atoms with E-state index in [0.717, 1.165) is 5.69 Å². The summed E-state index contributed by atoms with van der Waals surface area (Å²) >= 11 is 0. The van der Waals surface area contributed by atoms with Crippen molar-refractivity contribution < 1.29 is 22.3 Å². The molecular formula is C18H23FN4O4S. The third-order valence-corrected chi connectivity index (χ3v) is 6.48. The van der Waals surface area contributed by atoms with Gasteiger partial charge in [0.05, 0.1) is 12.3 Å². The molecule has 0 saturated carbocycles. The Morgan fingerprint density at radius 2 is 1.82 bits per heavy atom. The van der Waals surface area contributed by atoms with Gasteiger partial charge in [-0.2, -0.15) is 9.40 Å². The van der Waals surface area contributed by atoms with Gasteiger partial charge in [0, 0.05) is 31.9 Å². The zero-order chi connectivity index (χ0) is 20.3. The van der Waals surface area contributed by atoms with Gasteiger partial charge >= 0.3 is 5.97 Å². The number of nitrogens with zero attached hydrogens (tertiary/aromatic N) is 3. The Morgan fingerprint density at radius 3 is 2.39 bits per heavy atom. The summed E-state index contributed by atoms with van der Waals surface area (Å²) in [6.45, 7) is 4.96. The summed E-state index contributed by atoms with van der Waals surface area (Å²) in [5, 5.41) is 6.27. The van der Waals surface area contributed by atoms with Crippen LogP contribution in [0.2, 0.25) is 0 Å². The first-order chi connectivity index (χ1) is 13.4. The van der Waals surface area contributed by atoms with E-state index in [2.05, 4.69) is 10.2 Å². The quantitative estimate of drug-likeness (QED) is 0.730. The molecule has 1 aliphatic rings. The van der Waals surface area contributed by atoms with Crippen molar-refractivity contribution in [1.82, 2.24) is 14.5 Å². The van der Waals surface area contributed by atoms with Crippen LogP contribution in [0.25, 0.3) is 0 Å². The van der Waals surface area contributed by atoms with Crippen LogP contribution in [0.5, 0.6) is 0 Å². The summed E-state index contributed by atoms with van der Waals surface area (Å²) in [7, 11) is -3.95. The Labute approximate surface area is 163 Å². The Hall–Kier alpha value is -2.46. The fourth-order valence-corrected chi connectivity index (χ4v) is 4.69. The maximum absolute atomic E-state index is 13.1. The second-order valence-electron chi connectivity index (χ2n) is 6.32. The van der Waals surface area contributed by atoms with Crippen LogP contribution in [-0.4, -0.2) is 61.7 Å². The smallest absolute Gasteiger partial charge is 0.343 e. The molecule has 2 heterocycles. The molecule has 0 amide bonds. The first kappa shape index (κ1) is 20.3. The molecule has 0 radical (unpaired) electrons. The van der Waals surface area contributed by atoms with E-state index in [4.69, 9.17) is 4.74 Å². The minimum Gasteiger partial charge on any atom is -0.462 e. The maximum Gasteiger partial charge on any atom is 0.343 e. The van der Waals surface area contributed by atoms with Gasteiger partial charge in [-0.3, -0.25) is 5.10 Å². The molecule has 0 atom stereocenters. The van der Waals surface area contributed by atoms with Crippen molar-refractivity contribution in [2.24, 2.45) is 0 Å². The third-order valence-electron chi connectivity index (χ3n) is 4.66. The summed E-state index contributed by atoms with van der Waals surface area (Å²) in [6, 6.07) is 6.08. The fourth-order valence-electron chi connectivity index (χ4n) is 3.18. The van der Waals surface area contributed by atoms with Crippen LogP contribution in [0.15, 0.2) is 29.3 Å². The first-order valence-electron chi connectivity index (χ1n) is 9.13. The number of piperazine rings is 1. The topological polar surface area (TPSA) is 95.6 Å². The lowest BCUT2D eigenvalue weighted by Crippen LogP contribution is -2.49. The fraction of sp³-hybridized carbons (Fsp3) is 0.444. The van der Waals surface area contributed by atoms with Gasteiger partial charge in [-0.15, -0.1) is 0 Å². The van der Waals surface area contributed by atoms with Crippen LogP contribution in [0.3, 0.4) is 0 Å². The van der Waals surface area contributed by atoms with Crippen molar-refractivity contribution in [2.45, 2.75) is 25.3 Å². The maximum atomic E-state index is 13.1. The third kappa shape index (κ3) is 3.88. The lowest BCUT2D eigenvalue weighted by Gasteiger charge is -2.35. The Balaban J connectivity index is 1.80. The van der Waals surface area contributed by atoms with Crippen molar-refractivity contribution >= 4 is 21.7 Å². The molecule has 10 heteroatoms. The van der Waals surface area contributed by atoms with Gasteiger partial charge in [-0.05, 0) is 37.6 Å². The van der Waals surface area contributed by atoms with Crippen molar-refractivity contribution in [3.8, 4) is 0 Å². The number of rotatable bonds is 6. The number of aryl methyl sites for hydroxylation is 1. The first-order valence-corrected chi connectivity index (χ1v) is 10.6. The molecule has 0 bridgehead atoms. The molecule has 1 saturated heterocycles. The molecular weight excluding hydrogens is 387 g/mol. The number of nitrogens with one attached hydrogen (secondary N) is 1.